The zero-order valence-corrected chi connectivity index (χ0v) is 12.5. The Balaban J connectivity index is 1.89. The molecule has 2 aromatic rings. The van der Waals surface area contributed by atoms with Crippen LogP contribution in [0.5, 0.6) is 5.75 Å². The molecule has 114 valence electrons. The molecule has 2 amide bonds. The van der Waals surface area contributed by atoms with E-state index in [2.05, 4.69) is 0 Å². The molecule has 22 heavy (non-hydrogen) atoms. The van der Waals surface area contributed by atoms with Crippen LogP contribution in [0.3, 0.4) is 0 Å². The van der Waals surface area contributed by atoms with Gasteiger partial charge in [-0.1, -0.05) is 24.3 Å². The first-order valence-electron chi connectivity index (χ1n) is 7.16. The van der Waals surface area contributed by atoms with Gasteiger partial charge in [0.15, 0.2) is 0 Å². The Morgan fingerprint density at radius 3 is 2.64 bits per heavy atom. The first-order valence-corrected chi connectivity index (χ1v) is 7.16. The Morgan fingerprint density at radius 2 is 1.95 bits per heavy atom. The summed E-state index contributed by atoms with van der Waals surface area (Å²) in [6.07, 6.45) is -0.553. The first kappa shape index (κ1) is 14.4. The molecule has 0 N–H and O–H groups in total. The average molecular weight is 299 g/mol. The van der Waals surface area contributed by atoms with E-state index in [-0.39, 0.29) is 12.5 Å². The van der Waals surface area contributed by atoms with E-state index in [4.69, 9.17) is 9.47 Å². The van der Waals surface area contributed by atoms with Crippen LogP contribution < -0.4 is 4.74 Å². The average Bonchev–Trinajstić information content (AvgIpc) is 2.98. The standard InChI is InChI=1S/C17H17NO4/c1-11(16(19)18-7-8-22-17(18)20)12-3-4-14-10-15(21-2)6-5-13(14)9-12/h3-6,9-11H,7-8H2,1-2H3. The third-order valence-electron chi connectivity index (χ3n) is 3.97. The van der Waals surface area contributed by atoms with E-state index in [0.717, 1.165) is 22.1 Å². The van der Waals surface area contributed by atoms with Gasteiger partial charge in [0.05, 0.1) is 19.6 Å². The number of imide groups is 1. The summed E-state index contributed by atoms with van der Waals surface area (Å²) in [5.41, 5.74) is 0.877. The molecule has 1 saturated heterocycles. The number of benzene rings is 2. The van der Waals surface area contributed by atoms with Crippen LogP contribution in [0, 0.1) is 0 Å². The molecule has 1 aliphatic rings. The lowest BCUT2D eigenvalue weighted by atomic mass is 9.96. The van der Waals surface area contributed by atoms with Crippen LogP contribution in [-0.4, -0.2) is 37.2 Å². The zero-order valence-electron chi connectivity index (χ0n) is 12.5. The molecule has 2 aromatic carbocycles. The van der Waals surface area contributed by atoms with E-state index in [1.54, 1.807) is 14.0 Å². The van der Waals surface area contributed by atoms with Crippen LogP contribution in [-0.2, 0) is 9.53 Å². The maximum absolute atomic E-state index is 12.4. The number of carbonyl (C=O) groups is 2. The number of cyclic esters (lactones) is 1. The van der Waals surface area contributed by atoms with Crippen molar-refractivity contribution in [3.05, 3.63) is 42.0 Å². The van der Waals surface area contributed by atoms with Crippen molar-refractivity contribution in [1.29, 1.82) is 0 Å². The maximum atomic E-state index is 12.4. The Morgan fingerprint density at radius 1 is 1.23 bits per heavy atom. The van der Waals surface area contributed by atoms with Crippen LogP contribution in [0.4, 0.5) is 4.79 Å². The fourth-order valence-electron chi connectivity index (χ4n) is 2.61. The lowest BCUT2D eigenvalue weighted by Crippen LogP contribution is -2.34. The van der Waals surface area contributed by atoms with Crippen molar-refractivity contribution in [2.24, 2.45) is 0 Å². The summed E-state index contributed by atoms with van der Waals surface area (Å²) in [5, 5.41) is 2.07. The quantitative estimate of drug-likeness (QED) is 0.874. The van der Waals surface area contributed by atoms with E-state index in [1.165, 1.54) is 4.90 Å². The summed E-state index contributed by atoms with van der Waals surface area (Å²) < 4.78 is 10.0. The highest BCUT2D eigenvalue weighted by Gasteiger charge is 2.32. The van der Waals surface area contributed by atoms with Gasteiger partial charge in [0.2, 0.25) is 5.91 Å². The van der Waals surface area contributed by atoms with Crippen molar-refractivity contribution in [1.82, 2.24) is 4.90 Å². The van der Waals surface area contributed by atoms with Crippen molar-refractivity contribution in [3.8, 4) is 5.75 Å². The summed E-state index contributed by atoms with van der Waals surface area (Å²) in [6.45, 7) is 2.40. The third kappa shape index (κ3) is 2.50. The molecule has 5 nitrogen and oxygen atoms in total. The second-order valence-corrected chi connectivity index (χ2v) is 5.30. The van der Waals surface area contributed by atoms with Crippen LogP contribution in [0.1, 0.15) is 18.4 Å². The number of fused-ring (bicyclic) bond motifs is 1. The lowest BCUT2D eigenvalue weighted by Gasteiger charge is -2.17. The van der Waals surface area contributed by atoms with E-state index >= 15 is 0 Å². The molecule has 0 aliphatic carbocycles. The maximum Gasteiger partial charge on any atom is 0.416 e. The predicted molar refractivity (Wildman–Crippen MR) is 82.0 cm³/mol. The largest absolute Gasteiger partial charge is 0.497 e. The Hall–Kier alpha value is -2.56. The normalized spacial score (nSPS) is 15.7. The molecule has 1 aliphatic heterocycles. The van der Waals surface area contributed by atoms with Gasteiger partial charge < -0.3 is 9.47 Å². The van der Waals surface area contributed by atoms with Gasteiger partial charge in [0.25, 0.3) is 0 Å². The third-order valence-corrected chi connectivity index (χ3v) is 3.97. The van der Waals surface area contributed by atoms with Crippen LogP contribution >= 0.6 is 0 Å². The second kappa shape index (κ2) is 5.67. The fraction of sp³-hybridized carbons (Fsp3) is 0.294. The highest BCUT2D eigenvalue weighted by Crippen LogP contribution is 2.26. The van der Waals surface area contributed by atoms with Gasteiger partial charge >= 0.3 is 6.09 Å². The molecule has 3 rings (SSSR count). The number of methoxy groups -OCH3 is 1. The van der Waals surface area contributed by atoms with Gasteiger partial charge in [-0.05, 0) is 35.4 Å². The van der Waals surface area contributed by atoms with E-state index < -0.39 is 12.0 Å². The van der Waals surface area contributed by atoms with Crippen molar-refractivity contribution < 1.29 is 19.1 Å². The zero-order chi connectivity index (χ0) is 15.7. The molecule has 0 aromatic heterocycles. The Bertz CT molecular complexity index is 741. The summed E-state index contributed by atoms with van der Waals surface area (Å²) in [6, 6.07) is 11.6. The number of nitrogens with zero attached hydrogens (tertiary/aromatic N) is 1. The molecular weight excluding hydrogens is 282 g/mol. The smallest absolute Gasteiger partial charge is 0.416 e. The van der Waals surface area contributed by atoms with Gasteiger partial charge in [-0.25, -0.2) is 9.69 Å². The van der Waals surface area contributed by atoms with Gasteiger partial charge in [0.1, 0.15) is 12.4 Å². The lowest BCUT2D eigenvalue weighted by molar-refractivity contribution is -0.128. The predicted octanol–water partition coefficient (Wildman–Crippen LogP) is 2.93. The van der Waals surface area contributed by atoms with Crippen molar-refractivity contribution in [2.75, 3.05) is 20.3 Å². The van der Waals surface area contributed by atoms with Crippen LogP contribution in [0.15, 0.2) is 36.4 Å². The molecule has 1 heterocycles. The SMILES string of the molecule is COc1ccc2cc(C(C)C(=O)N3CCOC3=O)ccc2c1. The topological polar surface area (TPSA) is 55.8 Å². The molecule has 1 unspecified atom stereocenters. The first-order chi connectivity index (χ1) is 10.6. The Kier molecular flexibility index (Phi) is 3.71. The van der Waals surface area contributed by atoms with Crippen molar-refractivity contribution >= 4 is 22.8 Å². The molecule has 0 spiro atoms. The van der Waals surface area contributed by atoms with Crippen LogP contribution in [0.2, 0.25) is 0 Å². The van der Waals surface area contributed by atoms with Gasteiger partial charge in [-0.2, -0.15) is 0 Å². The van der Waals surface area contributed by atoms with Crippen molar-refractivity contribution in [3.63, 3.8) is 0 Å². The minimum Gasteiger partial charge on any atom is -0.497 e. The summed E-state index contributed by atoms with van der Waals surface area (Å²) in [5.74, 6) is 0.178. The van der Waals surface area contributed by atoms with Gasteiger partial charge in [-0.3, -0.25) is 4.79 Å². The summed E-state index contributed by atoms with van der Waals surface area (Å²) in [7, 11) is 1.63. The minimum atomic E-state index is -0.553. The molecule has 0 saturated carbocycles. The number of rotatable bonds is 3. The minimum absolute atomic E-state index is 0.227. The molecule has 0 radical (unpaired) electrons. The molecular formula is C17H17NO4. The highest BCUT2D eigenvalue weighted by molar-refractivity contribution is 5.97. The Labute approximate surface area is 128 Å². The van der Waals surface area contributed by atoms with Gasteiger partial charge in [0, 0.05) is 0 Å². The van der Waals surface area contributed by atoms with Crippen LogP contribution in [0.25, 0.3) is 10.8 Å². The molecule has 1 fully saturated rings. The number of amides is 2. The van der Waals surface area contributed by atoms with E-state index in [9.17, 15) is 9.59 Å². The number of carbonyl (C=O) groups excluding carboxylic acids is 2. The summed E-state index contributed by atoms with van der Waals surface area (Å²) >= 11 is 0. The van der Waals surface area contributed by atoms with Crippen molar-refractivity contribution in [2.45, 2.75) is 12.8 Å². The van der Waals surface area contributed by atoms with E-state index in [0.29, 0.717) is 6.54 Å². The highest BCUT2D eigenvalue weighted by atomic mass is 16.6. The summed E-state index contributed by atoms with van der Waals surface area (Å²) in [4.78, 5) is 25.1. The van der Waals surface area contributed by atoms with E-state index in [1.807, 2.05) is 36.4 Å². The molecule has 1 atom stereocenters. The number of hydrogen-bond donors (Lipinski definition) is 0. The van der Waals surface area contributed by atoms with Gasteiger partial charge in [-0.15, -0.1) is 0 Å². The number of hydrogen-bond acceptors (Lipinski definition) is 4. The number of ether oxygens (including phenoxy) is 2. The molecule has 0 bridgehead atoms. The fourth-order valence-corrected chi connectivity index (χ4v) is 2.61. The monoisotopic (exact) mass is 299 g/mol. The second-order valence-electron chi connectivity index (χ2n) is 5.30. The molecule has 5 heteroatoms.